The van der Waals surface area contributed by atoms with Crippen LogP contribution in [-0.4, -0.2) is 28.8 Å². The maximum atomic E-state index is 9.93. The minimum Gasteiger partial charge on any atom is -0.423 e. The minimum absolute atomic E-state index is 0.568. The molecule has 0 amide bonds. The first-order valence-corrected chi connectivity index (χ1v) is 6.17. The van der Waals surface area contributed by atoms with Crippen LogP contribution in [0.5, 0.6) is 0 Å². The molecule has 0 unspecified atom stereocenters. The van der Waals surface area contributed by atoms with Crippen molar-refractivity contribution in [3.63, 3.8) is 0 Å². The number of oxazole rings is 1. The van der Waals surface area contributed by atoms with Crippen molar-refractivity contribution >= 4 is 22.8 Å². The van der Waals surface area contributed by atoms with Crippen LogP contribution in [0.15, 0.2) is 22.6 Å². The van der Waals surface area contributed by atoms with Crippen LogP contribution in [0, 0.1) is 0 Å². The zero-order chi connectivity index (χ0) is 12.8. The summed E-state index contributed by atoms with van der Waals surface area (Å²) in [7, 11) is 0. The zero-order valence-electron chi connectivity index (χ0n) is 10.4. The van der Waals surface area contributed by atoms with Gasteiger partial charge in [0.15, 0.2) is 5.58 Å². The Balaban J connectivity index is 1.89. The first-order valence-electron chi connectivity index (χ1n) is 6.17. The van der Waals surface area contributed by atoms with Gasteiger partial charge in [-0.25, -0.2) is 0 Å². The van der Waals surface area contributed by atoms with Crippen molar-refractivity contribution in [2.45, 2.75) is 25.4 Å². The first-order chi connectivity index (χ1) is 8.55. The second-order valence-corrected chi connectivity index (χ2v) is 5.17. The standard InChI is InChI=1S/C13H17N3O2/c1-13(17)5-7-16(8-6-13)12-15-11-9(14)3-2-4-10(11)18-12/h2-4,17H,5-8,14H2,1H3. The highest BCUT2D eigenvalue weighted by molar-refractivity contribution is 5.86. The Morgan fingerprint density at radius 2 is 2.11 bits per heavy atom. The van der Waals surface area contributed by atoms with Crippen LogP contribution in [0.25, 0.3) is 11.1 Å². The predicted octanol–water partition coefficient (Wildman–Crippen LogP) is 1.76. The lowest BCUT2D eigenvalue weighted by molar-refractivity contribution is 0.0344. The molecule has 0 aliphatic carbocycles. The molecule has 1 saturated heterocycles. The number of hydrogen-bond acceptors (Lipinski definition) is 5. The number of para-hydroxylation sites is 1. The number of rotatable bonds is 1. The second-order valence-electron chi connectivity index (χ2n) is 5.17. The van der Waals surface area contributed by atoms with Crippen molar-refractivity contribution in [2.24, 2.45) is 0 Å². The fourth-order valence-electron chi connectivity index (χ4n) is 2.27. The van der Waals surface area contributed by atoms with E-state index in [9.17, 15) is 5.11 Å². The number of benzene rings is 1. The molecule has 1 fully saturated rings. The van der Waals surface area contributed by atoms with Gasteiger partial charge >= 0.3 is 0 Å². The van der Waals surface area contributed by atoms with E-state index in [0.717, 1.165) is 25.9 Å². The summed E-state index contributed by atoms with van der Waals surface area (Å²) in [6.45, 7) is 3.37. The number of nitrogen functional groups attached to an aromatic ring is 1. The summed E-state index contributed by atoms with van der Waals surface area (Å²) in [6.07, 6.45) is 1.45. The van der Waals surface area contributed by atoms with Gasteiger partial charge in [0, 0.05) is 13.1 Å². The van der Waals surface area contributed by atoms with E-state index in [1.165, 1.54) is 0 Å². The van der Waals surface area contributed by atoms with E-state index in [0.29, 0.717) is 22.8 Å². The highest BCUT2D eigenvalue weighted by Crippen LogP contribution is 2.29. The third-order valence-electron chi connectivity index (χ3n) is 3.55. The maximum absolute atomic E-state index is 9.93. The molecule has 0 spiro atoms. The zero-order valence-corrected chi connectivity index (χ0v) is 10.4. The predicted molar refractivity (Wildman–Crippen MR) is 70.5 cm³/mol. The highest BCUT2D eigenvalue weighted by atomic mass is 16.4. The van der Waals surface area contributed by atoms with Crippen molar-refractivity contribution in [3.05, 3.63) is 18.2 Å². The average molecular weight is 247 g/mol. The maximum Gasteiger partial charge on any atom is 0.298 e. The molecule has 0 saturated carbocycles. The Morgan fingerprint density at radius 3 is 2.78 bits per heavy atom. The molecular formula is C13H17N3O2. The van der Waals surface area contributed by atoms with Crippen LogP contribution in [0.3, 0.4) is 0 Å². The largest absolute Gasteiger partial charge is 0.423 e. The Hall–Kier alpha value is -1.75. The van der Waals surface area contributed by atoms with Crippen LogP contribution in [0.1, 0.15) is 19.8 Å². The van der Waals surface area contributed by atoms with Crippen LogP contribution in [0.2, 0.25) is 0 Å². The number of aromatic nitrogens is 1. The van der Waals surface area contributed by atoms with E-state index in [-0.39, 0.29) is 0 Å². The smallest absolute Gasteiger partial charge is 0.298 e. The minimum atomic E-state index is -0.568. The molecule has 2 heterocycles. The summed E-state index contributed by atoms with van der Waals surface area (Å²) in [5, 5.41) is 9.93. The molecule has 3 rings (SSSR count). The molecule has 1 aliphatic rings. The third kappa shape index (κ3) is 1.90. The van der Waals surface area contributed by atoms with Gasteiger partial charge < -0.3 is 20.2 Å². The van der Waals surface area contributed by atoms with Crippen molar-refractivity contribution in [3.8, 4) is 0 Å². The van der Waals surface area contributed by atoms with Gasteiger partial charge in [-0.2, -0.15) is 4.98 Å². The van der Waals surface area contributed by atoms with E-state index in [4.69, 9.17) is 10.2 Å². The monoisotopic (exact) mass is 247 g/mol. The Bertz CT molecular complexity index is 567. The fraction of sp³-hybridized carbons (Fsp3) is 0.462. The Morgan fingerprint density at radius 1 is 1.39 bits per heavy atom. The summed E-state index contributed by atoms with van der Waals surface area (Å²) in [4.78, 5) is 6.49. The van der Waals surface area contributed by atoms with Gasteiger partial charge in [-0.05, 0) is 31.9 Å². The lowest BCUT2D eigenvalue weighted by atomic mass is 9.94. The quantitative estimate of drug-likeness (QED) is 0.751. The lowest BCUT2D eigenvalue weighted by Crippen LogP contribution is -2.42. The summed E-state index contributed by atoms with van der Waals surface area (Å²) < 4.78 is 5.71. The first kappa shape index (κ1) is 11.3. The average Bonchev–Trinajstić information content (AvgIpc) is 2.74. The molecule has 96 valence electrons. The molecule has 18 heavy (non-hydrogen) atoms. The molecule has 0 bridgehead atoms. The van der Waals surface area contributed by atoms with E-state index < -0.39 is 5.60 Å². The van der Waals surface area contributed by atoms with Crippen LogP contribution >= 0.6 is 0 Å². The number of anilines is 2. The van der Waals surface area contributed by atoms with Gasteiger partial charge in [-0.15, -0.1) is 0 Å². The Labute approximate surface area is 105 Å². The summed E-state index contributed by atoms with van der Waals surface area (Å²) in [5.74, 6) is 0. The number of piperidine rings is 1. The lowest BCUT2D eigenvalue weighted by Gasteiger charge is -2.34. The van der Waals surface area contributed by atoms with Gasteiger partial charge in [0.1, 0.15) is 5.52 Å². The molecule has 5 nitrogen and oxygen atoms in total. The highest BCUT2D eigenvalue weighted by Gasteiger charge is 2.29. The van der Waals surface area contributed by atoms with E-state index in [2.05, 4.69) is 9.88 Å². The topological polar surface area (TPSA) is 75.5 Å². The van der Waals surface area contributed by atoms with Crippen LogP contribution in [-0.2, 0) is 0 Å². The normalized spacial score (nSPS) is 19.3. The Kier molecular flexibility index (Phi) is 2.45. The summed E-state index contributed by atoms with van der Waals surface area (Å²) in [5.41, 5.74) is 7.35. The van der Waals surface area contributed by atoms with Crippen molar-refractivity contribution in [1.82, 2.24) is 4.98 Å². The van der Waals surface area contributed by atoms with Gasteiger partial charge in [0.25, 0.3) is 6.01 Å². The number of fused-ring (bicyclic) bond motifs is 1. The van der Waals surface area contributed by atoms with Gasteiger partial charge in [-0.3, -0.25) is 0 Å². The molecule has 0 radical (unpaired) electrons. The third-order valence-corrected chi connectivity index (χ3v) is 3.55. The summed E-state index contributed by atoms with van der Waals surface area (Å²) in [6, 6.07) is 6.13. The molecular weight excluding hydrogens is 230 g/mol. The summed E-state index contributed by atoms with van der Waals surface area (Å²) >= 11 is 0. The van der Waals surface area contributed by atoms with Gasteiger partial charge in [0.05, 0.1) is 11.3 Å². The van der Waals surface area contributed by atoms with Crippen LogP contribution < -0.4 is 10.6 Å². The SMILES string of the molecule is CC1(O)CCN(c2nc3c(N)cccc3o2)CC1. The second kappa shape index (κ2) is 3.88. The van der Waals surface area contributed by atoms with E-state index in [1.54, 1.807) is 0 Å². The molecule has 5 heteroatoms. The number of hydrogen-bond donors (Lipinski definition) is 2. The molecule has 2 aromatic rings. The van der Waals surface area contributed by atoms with Gasteiger partial charge in [0.2, 0.25) is 0 Å². The van der Waals surface area contributed by atoms with Gasteiger partial charge in [-0.1, -0.05) is 6.07 Å². The molecule has 0 atom stereocenters. The van der Waals surface area contributed by atoms with Crippen molar-refractivity contribution in [1.29, 1.82) is 0 Å². The van der Waals surface area contributed by atoms with E-state index >= 15 is 0 Å². The van der Waals surface area contributed by atoms with Crippen LogP contribution in [0.4, 0.5) is 11.7 Å². The molecule has 3 N–H and O–H groups in total. The number of nitrogens with two attached hydrogens (primary N) is 1. The van der Waals surface area contributed by atoms with Crippen molar-refractivity contribution < 1.29 is 9.52 Å². The number of nitrogens with zero attached hydrogens (tertiary/aromatic N) is 2. The number of aliphatic hydroxyl groups is 1. The molecule has 1 aromatic carbocycles. The van der Waals surface area contributed by atoms with Crippen molar-refractivity contribution in [2.75, 3.05) is 23.7 Å². The van der Waals surface area contributed by atoms with E-state index in [1.807, 2.05) is 25.1 Å². The molecule has 1 aromatic heterocycles. The fourth-order valence-corrected chi connectivity index (χ4v) is 2.27. The molecule has 1 aliphatic heterocycles.